The van der Waals surface area contributed by atoms with Gasteiger partial charge in [0, 0.05) is 32.0 Å². The number of aryl methyl sites for hydroxylation is 1. The lowest BCUT2D eigenvalue weighted by molar-refractivity contribution is 0.101. The van der Waals surface area contributed by atoms with E-state index in [0.717, 1.165) is 0 Å². The van der Waals surface area contributed by atoms with Crippen LogP contribution < -0.4 is 5.32 Å². The van der Waals surface area contributed by atoms with Crippen molar-refractivity contribution in [2.75, 3.05) is 18.4 Å². The Balaban J connectivity index is 2.28. The largest absolute Gasteiger partial charge is 0.345 e. The molecule has 1 aromatic heterocycles. The first-order valence-corrected chi connectivity index (χ1v) is 8.97. The second kappa shape index (κ2) is 7.14. The molecular weight excluding hydrogens is 333 g/mol. The molecule has 1 aromatic carbocycles. The maximum absolute atomic E-state index is 12.9. The number of aromatic nitrogens is 1. The van der Waals surface area contributed by atoms with Crippen LogP contribution in [0.25, 0.3) is 0 Å². The number of nitrogens with zero attached hydrogens (tertiary/aromatic N) is 2. The predicted octanol–water partition coefficient (Wildman–Crippen LogP) is 2.45. The number of anilines is 1. The highest BCUT2D eigenvalue weighted by Crippen LogP contribution is 2.19. The van der Waals surface area contributed by atoms with Crippen LogP contribution in [0.2, 0.25) is 0 Å². The third-order valence-corrected chi connectivity index (χ3v) is 5.67. The van der Waals surface area contributed by atoms with Gasteiger partial charge in [-0.1, -0.05) is 13.8 Å². The Morgan fingerprint density at radius 3 is 2.33 bits per heavy atom. The molecule has 2 rings (SSSR count). The lowest BCUT2D eigenvalue weighted by Crippen LogP contribution is -2.30. The average molecular weight is 353 g/mol. The van der Waals surface area contributed by atoms with E-state index in [-0.39, 0.29) is 10.6 Å². The van der Waals surface area contributed by atoms with Crippen molar-refractivity contribution in [1.82, 2.24) is 8.87 Å². The van der Waals surface area contributed by atoms with Crippen LogP contribution in [0, 0.1) is 5.82 Å². The summed E-state index contributed by atoms with van der Waals surface area (Å²) in [5.74, 6) is -0.871. The zero-order chi connectivity index (χ0) is 17.9. The molecule has 0 saturated carbocycles. The molecule has 24 heavy (non-hydrogen) atoms. The molecule has 1 N–H and O–H groups in total. The summed E-state index contributed by atoms with van der Waals surface area (Å²) in [7, 11) is -2.03. The molecule has 0 aliphatic heterocycles. The number of carbonyl (C=O) groups is 1. The Kier molecular flexibility index (Phi) is 5.40. The fourth-order valence-electron chi connectivity index (χ4n) is 2.34. The Labute approximate surface area is 140 Å². The van der Waals surface area contributed by atoms with E-state index >= 15 is 0 Å². The number of amides is 1. The summed E-state index contributed by atoms with van der Waals surface area (Å²) >= 11 is 0. The van der Waals surface area contributed by atoms with E-state index in [1.807, 2.05) is 0 Å². The van der Waals surface area contributed by atoms with Crippen LogP contribution in [0.3, 0.4) is 0 Å². The van der Waals surface area contributed by atoms with Crippen LogP contribution in [0.1, 0.15) is 24.3 Å². The molecule has 0 unspecified atom stereocenters. The number of hydrogen-bond acceptors (Lipinski definition) is 3. The first-order chi connectivity index (χ1) is 11.3. The quantitative estimate of drug-likeness (QED) is 0.867. The second-order valence-corrected chi connectivity index (χ2v) is 7.16. The van der Waals surface area contributed by atoms with Crippen molar-refractivity contribution in [2.24, 2.45) is 7.05 Å². The van der Waals surface area contributed by atoms with E-state index in [0.29, 0.717) is 18.8 Å². The molecule has 0 aliphatic rings. The van der Waals surface area contributed by atoms with E-state index < -0.39 is 21.7 Å². The molecule has 0 saturated heterocycles. The fraction of sp³-hybridized carbons (Fsp3) is 0.312. The number of benzene rings is 1. The number of carbonyl (C=O) groups excluding carboxylic acids is 1. The molecule has 0 bridgehead atoms. The summed E-state index contributed by atoms with van der Waals surface area (Å²) in [5, 5.41) is 2.61. The van der Waals surface area contributed by atoms with Crippen molar-refractivity contribution in [1.29, 1.82) is 0 Å². The van der Waals surface area contributed by atoms with Gasteiger partial charge in [0.05, 0.1) is 0 Å². The van der Waals surface area contributed by atoms with Gasteiger partial charge in [-0.2, -0.15) is 4.31 Å². The van der Waals surface area contributed by atoms with Crippen LogP contribution in [0.15, 0.2) is 41.4 Å². The Hall–Kier alpha value is -2.19. The highest BCUT2D eigenvalue weighted by Gasteiger charge is 2.25. The van der Waals surface area contributed by atoms with Crippen molar-refractivity contribution >= 4 is 21.6 Å². The maximum Gasteiger partial charge on any atom is 0.272 e. The van der Waals surface area contributed by atoms with Crippen molar-refractivity contribution in [3.05, 3.63) is 48.0 Å². The molecule has 0 spiro atoms. The average Bonchev–Trinajstić information content (AvgIpc) is 2.93. The molecule has 130 valence electrons. The minimum Gasteiger partial charge on any atom is -0.345 e. The zero-order valence-corrected chi connectivity index (χ0v) is 14.6. The summed E-state index contributed by atoms with van der Waals surface area (Å²) in [6, 6.07) is 6.67. The third kappa shape index (κ3) is 3.65. The standard InChI is InChI=1S/C16H20FN3O3S/c1-4-20(5-2)24(22,23)14-10-15(19(3)11-14)16(21)18-13-8-6-12(17)7-9-13/h6-11H,4-5H2,1-3H3,(H,18,21). The van der Waals surface area contributed by atoms with E-state index in [1.165, 1.54) is 45.4 Å². The minimum absolute atomic E-state index is 0.0676. The highest BCUT2D eigenvalue weighted by molar-refractivity contribution is 7.89. The van der Waals surface area contributed by atoms with Crippen molar-refractivity contribution in [2.45, 2.75) is 18.7 Å². The van der Waals surface area contributed by atoms with E-state index in [9.17, 15) is 17.6 Å². The van der Waals surface area contributed by atoms with Crippen molar-refractivity contribution in [3.8, 4) is 0 Å². The lowest BCUT2D eigenvalue weighted by atomic mass is 10.3. The van der Waals surface area contributed by atoms with Crippen LogP contribution >= 0.6 is 0 Å². The SMILES string of the molecule is CCN(CC)S(=O)(=O)c1cc(C(=O)Nc2ccc(F)cc2)n(C)c1. The predicted molar refractivity (Wildman–Crippen MR) is 89.9 cm³/mol. The van der Waals surface area contributed by atoms with Gasteiger partial charge in [-0.15, -0.1) is 0 Å². The molecular formula is C16H20FN3O3S. The van der Waals surface area contributed by atoms with E-state index in [1.54, 1.807) is 20.9 Å². The van der Waals surface area contributed by atoms with Gasteiger partial charge in [0.2, 0.25) is 10.0 Å². The van der Waals surface area contributed by atoms with Gasteiger partial charge in [-0.25, -0.2) is 12.8 Å². The smallest absolute Gasteiger partial charge is 0.272 e. The molecule has 6 nitrogen and oxygen atoms in total. The van der Waals surface area contributed by atoms with Gasteiger partial charge in [-0.3, -0.25) is 4.79 Å². The van der Waals surface area contributed by atoms with Crippen LogP contribution in [-0.4, -0.2) is 36.3 Å². The molecule has 0 radical (unpaired) electrons. The number of sulfonamides is 1. The summed E-state index contributed by atoms with van der Waals surface area (Å²) in [6.07, 6.45) is 1.41. The Morgan fingerprint density at radius 2 is 1.79 bits per heavy atom. The molecule has 8 heteroatoms. The van der Waals surface area contributed by atoms with Gasteiger partial charge in [-0.05, 0) is 30.3 Å². The van der Waals surface area contributed by atoms with Crippen molar-refractivity contribution < 1.29 is 17.6 Å². The monoisotopic (exact) mass is 353 g/mol. The normalized spacial score (nSPS) is 11.7. The second-order valence-electron chi connectivity index (χ2n) is 5.22. The zero-order valence-electron chi connectivity index (χ0n) is 13.8. The molecule has 0 aliphatic carbocycles. The maximum atomic E-state index is 12.9. The Bertz CT molecular complexity index is 825. The molecule has 1 amide bonds. The molecule has 1 heterocycles. The van der Waals surface area contributed by atoms with Crippen LogP contribution in [0.5, 0.6) is 0 Å². The lowest BCUT2D eigenvalue weighted by Gasteiger charge is -2.17. The molecule has 0 atom stereocenters. The summed E-state index contributed by atoms with van der Waals surface area (Å²) in [6.45, 7) is 4.22. The topological polar surface area (TPSA) is 71.4 Å². The van der Waals surface area contributed by atoms with Gasteiger partial charge in [0.1, 0.15) is 16.4 Å². The number of rotatable bonds is 6. The highest BCUT2D eigenvalue weighted by atomic mass is 32.2. The number of hydrogen-bond donors (Lipinski definition) is 1. The summed E-state index contributed by atoms with van der Waals surface area (Å²) in [5.41, 5.74) is 0.626. The first-order valence-electron chi connectivity index (χ1n) is 7.53. The van der Waals surface area contributed by atoms with Crippen LogP contribution in [-0.2, 0) is 17.1 Å². The van der Waals surface area contributed by atoms with E-state index in [4.69, 9.17) is 0 Å². The van der Waals surface area contributed by atoms with E-state index in [2.05, 4.69) is 5.32 Å². The summed E-state index contributed by atoms with van der Waals surface area (Å²) < 4.78 is 40.7. The van der Waals surface area contributed by atoms with Gasteiger partial charge >= 0.3 is 0 Å². The summed E-state index contributed by atoms with van der Waals surface area (Å²) in [4.78, 5) is 12.4. The van der Waals surface area contributed by atoms with Gasteiger partial charge in [0.15, 0.2) is 0 Å². The first kappa shape index (κ1) is 18.2. The van der Waals surface area contributed by atoms with Crippen LogP contribution in [0.4, 0.5) is 10.1 Å². The molecule has 0 fully saturated rings. The number of halogens is 1. The fourth-order valence-corrected chi connectivity index (χ4v) is 3.87. The van der Waals surface area contributed by atoms with Gasteiger partial charge < -0.3 is 9.88 Å². The van der Waals surface area contributed by atoms with Crippen molar-refractivity contribution in [3.63, 3.8) is 0 Å². The molecule has 2 aromatic rings. The number of nitrogens with one attached hydrogen (secondary N) is 1. The third-order valence-electron chi connectivity index (χ3n) is 3.66. The van der Waals surface area contributed by atoms with Gasteiger partial charge in [0.25, 0.3) is 5.91 Å². The minimum atomic E-state index is -3.63. The Morgan fingerprint density at radius 1 is 1.21 bits per heavy atom.